The lowest BCUT2D eigenvalue weighted by molar-refractivity contribution is -0.113. The number of carbonyl (C=O) groups is 2. The van der Waals surface area contributed by atoms with Crippen molar-refractivity contribution >= 4 is 40.9 Å². The molecule has 2 N–H and O–H groups in total. The molecule has 0 spiro atoms. The molecule has 0 unspecified atom stereocenters. The van der Waals surface area contributed by atoms with Crippen LogP contribution in [0.4, 0.5) is 10.1 Å². The highest BCUT2D eigenvalue weighted by Crippen LogP contribution is 2.21. The Morgan fingerprint density at radius 1 is 1.03 bits per heavy atom. The molecule has 0 aliphatic rings. The molecule has 0 radical (unpaired) electrons. The molecule has 0 aliphatic carbocycles. The first-order valence-corrected chi connectivity index (χ1v) is 11.2. The summed E-state index contributed by atoms with van der Waals surface area (Å²) in [5.74, 6) is -0.472. The van der Waals surface area contributed by atoms with E-state index in [9.17, 15) is 14.0 Å². The van der Waals surface area contributed by atoms with Crippen LogP contribution in [0.3, 0.4) is 0 Å². The first-order chi connectivity index (χ1) is 14.9. The summed E-state index contributed by atoms with van der Waals surface area (Å²) in [7, 11) is 0. The topological polar surface area (TPSA) is 58.2 Å². The van der Waals surface area contributed by atoms with Crippen LogP contribution < -0.4 is 10.6 Å². The van der Waals surface area contributed by atoms with Crippen molar-refractivity contribution in [3.63, 3.8) is 0 Å². The zero-order valence-electron chi connectivity index (χ0n) is 16.9. The fraction of sp³-hybridized carbons (Fsp3) is 0.167. The van der Waals surface area contributed by atoms with Gasteiger partial charge in [-0.1, -0.05) is 60.1 Å². The molecule has 31 heavy (non-hydrogen) atoms. The normalized spacial score (nSPS) is 11.6. The smallest absolute Gasteiger partial charge is 0.253 e. The van der Waals surface area contributed by atoms with E-state index in [2.05, 4.69) is 10.6 Å². The van der Waals surface area contributed by atoms with Crippen LogP contribution in [-0.2, 0) is 10.5 Å². The number of hydrogen-bond acceptors (Lipinski definition) is 3. The molecule has 160 valence electrons. The second-order valence-electron chi connectivity index (χ2n) is 6.93. The van der Waals surface area contributed by atoms with Crippen molar-refractivity contribution in [3.05, 3.63) is 100 Å². The maximum Gasteiger partial charge on any atom is 0.253 e. The molecule has 3 aromatic carbocycles. The van der Waals surface area contributed by atoms with Crippen molar-refractivity contribution < 1.29 is 14.0 Å². The van der Waals surface area contributed by atoms with Gasteiger partial charge in [-0.25, -0.2) is 4.39 Å². The number of hydrogen-bond donors (Lipinski definition) is 2. The lowest BCUT2D eigenvalue weighted by Gasteiger charge is -2.16. The number of thioether (sulfide) groups is 1. The highest BCUT2D eigenvalue weighted by Gasteiger charge is 2.16. The minimum Gasteiger partial charge on any atom is -0.345 e. The van der Waals surface area contributed by atoms with Crippen LogP contribution in [0.5, 0.6) is 0 Å². The molecule has 2 amide bonds. The second kappa shape index (κ2) is 11.0. The molecule has 0 aliphatic heterocycles. The molecular weight excluding hydrogens is 435 g/mol. The Hall–Kier alpha value is -2.83. The summed E-state index contributed by atoms with van der Waals surface area (Å²) in [6.07, 6.45) is 0. The molecule has 0 heterocycles. The monoisotopic (exact) mass is 456 g/mol. The standard InChI is InChI=1S/C24H22ClFN2O2S/c1-16(17-7-3-2-4-8-17)27-24(30)20-9-5-6-10-22(20)28-23(29)15-31-14-18-11-12-19(25)13-21(18)26/h2-13,16H,14-15H2,1H3,(H,27,30)(H,28,29)/t16-/m1/s1. The van der Waals surface area contributed by atoms with E-state index in [0.717, 1.165) is 5.56 Å². The highest BCUT2D eigenvalue weighted by molar-refractivity contribution is 7.99. The highest BCUT2D eigenvalue weighted by atomic mass is 35.5. The van der Waals surface area contributed by atoms with E-state index in [1.54, 1.807) is 36.4 Å². The number of anilines is 1. The van der Waals surface area contributed by atoms with Crippen molar-refractivity contribution in [1.29, 1.82) is 0 Å². The molecule has 0 saturated carbocycles. The third-order valence-electron chi connectivity index (χ3n) is 4.60. The number of carbonyl (C=O) groups excluding carboxylic acids is 2. The van der Waals surface area contributed by atoms with Crippen molar-refractivity contribution in [2.45, 2.75) is 18.7 Å². The van der Waals surface area contributed by atoms with E-state index in [-0.39, 0.29) is 23.6 Å². The number of para-hydroxylation sites is 1. The lowest BCUT2D eigenvalue weighted by atomic mass is 10.1. The fourth-order valence-electron chi connectivity index (χ4n) is 2.97. The maximum absolute atomic E-state index is 13.8. The van der Waals surface area contributed by atoms with Gasteiger partial charge in [0.1, 0.15) is 5.82 Å². The van der Waals surface area contributed by atoms with Crippen LogP contribution in [0.2, 0.25) is 5.02 Å². The van der Waals surface area contributed by atoms with E-state index < -0.39 is 5.82 Å². The van der Waals surface area contributed by atoms with Gasteiger partial charge in [0.25, 0.3) is 5.91 Å². The van der Waals surface area contributed by atoms with Gasteiger partial charge in [0.15, 0.2) is 0 Å². The summed E-state index contributed by atoms with van der Waals surface area (Å²) >= 11 is 7.03. The predicted molar refractivity (Wildman–Crippen MR) is 125 cm³/mol. The Labute approximate surface area is 190 Å². The molecular formula is C24H22ClFN2O2S. The van der Waals surface area contributed by atoms with Gasteiger partial charge in [0.05, 0.1) is 23.0 Å². The van der Waals surface area contributed by atoms with E-state index in [1.165, 1.54) is 17.8 Å². The summed E-state index contributed by atoms with van der Waals surface area (Å²) < 4.78 is 13.8. The quantitative estimate of drug-likeness (QED) is 0.447. The van der Waals surface area contributed by atoms with Gasteiger partial charge in [-0.15, -0.1) is 11.8 Å². The molecule has 3 aromatic rings. The van der Waals surface area contributed by atoms with Crippen molar-refractivity contribution in [1.82, 2.24) is 5.32 Å². The summed E-state index contributed by atoms with van der Waals surface area (Å²) in [4.78, 5) is 25.2. The number of benzene rings is 3. The Kier molecular flexibility index (Phi) is 8.09. The van der Waals surface area contributed by atoms with Gasteiger partial charge in [-0.2, -0.15) is 0 Å². The average molecular weight is 457 g/mol. The van der Waals surface area contributed by atoms with Gasteiger partial charge in [0.2, 0.25) is 5.91 Å². The van der Waals surface area contributed by atoms with Crippen molar-refractivity contribution in [2.24, 2.45) is 0 Å². The zero-order chi connectivity index (χ0) is 22.2. The first kappa shape index (κ1) is 22.8. The molecule has 0 aromatic heterocycles. The molecule has 1 atom stereocenters. The van der Waals surface area contributed by atoms with Crippen LogP contribution in [0, 0.1) is 5.82 Å². The molecule has 7 heteroatoms. The number of amides is 2. The van der Waals surface area contributed by atoms with E-state index >= 15 is 0 Å². The third kappa shape index (κ3) is 6.57. The van der Waals surface area contributed by atoms with Gasteiger partial charge in [0, 0.05) is 10.8 Å². The van der Waals surface area contributed by atoms with Crippen LogP contribution in [-0.4, -0.2) is 17.6 Å². The Bertz CT molecular complexity index is 1060. The summed E-state index contributed by atoms with van der Waals surface area (Å²) in [6.45, 7) is 1.90. The fourth-order valence-corrected chi connectivity index (χ4v) is 3.94. The molecule has 0 saturated heterocycles. The van der Waals surface area contributed by atoms with Gasteiger partial charge < -0.3 is 10.6 Å². The third-order valence-corrected chi connectivity index (χ3v) is 5.82. The number of nitrogens with one attached hydrogen (secondary N) is 2. The number of rotatable bonds is 8. The van der Waals surface area contributed by atoms with E-state index in [4.69, 9.17) is 11.6 Å². The SMILES string of the molecule is C[C@@H](NC(=O)c1ccccc1NC(=O)CSCc1ccc(Cl)cc1F)c1ccccc1. The van der Waals surface area contributed by atoms with Crippen molar-refractivity contribution in [2.75, 3.05) is 11.1 Å². The molecule has 0 bridgehead atoms. The Morgan fingerprint density at radius 2 is 1.74 bits per heavy atom. The number of halogens is 2. The predicted octanol–water partition coefficient (Wildman–Crippen LogP) is 5.84. The minimum absolute atomic E-state index is 0.123. The molecule has 0 fully saturated rings. The largest absolute Gasteiger partial charge is 0.345 e. The first-order valence-electron chi connectivity index (χ1n) is 9.70. The van der Waals surface area contributed by atoms with Crippen LogP contribution in [0.1, 0.15) is 34.5 Å². The zero-order valence-corrected chi connectivity index (χ0v) is 18.5. The Morgan fingerprint density at radius 3 is 2.48 bits per heavy atom. The maximum atomic E-state index is 13.8. The van der Waals surface area contributed by atoms with Crippen molar-refractivity contribution in [3.8, 4) is 0 Å². The Balaban J connectivity index is 1.58. The minimum atomic E-state index is -0.394. The summed E-state index contributed by atoms with van der Waals surface area (Å²) in [5, 5.41) is 6.07. The van der Waals surface area contributed by atoms with Crippen LogP contribution in [0.25, 0.3) is 0 Å². The molecule has 3 rings (SSSR count). The second-order valence-corrected chi connectivity index (χ2v) is 8.35. The summed E-state index contributed by atoms with van der Waals surface area (Å²) in [5.41, 5.74) is 2.29. The molecule has 4 nitrogen and oxygen atoms in total. The van der Waals surface area contributed by atoms with Gasteiger partial charge >= 0.3 is 0 Å². The summed E-state index contributed by atoms with van der Waals surface area (Å²) in [6, 6.07) is 20.8. The van der Waals surface area contributed by atoms with Gasteiger partial charge in [-0.3, -0.25) is 9.59 Å². The van der Waals surface area contributed by atoms with E-state index in [0.29, 0.717) is 27.6 Å². The van der Waals surface area contributed by atoms with Crippen LogP contribution >= 0.6 is 23.4 Å². The van der Waals surface area contributed by atoms with Crippen LogP contribution in [0.15, 0.2) is 72.8 Å². The lowest BCUT2D eigenvalue weighted by Crippen LogP contribution is -2.28. The van der Waals surface area contributed by atoms with Gasteiger partial charge in [-0.05, 0) is 42.3 Å². The average Bonchev–Trinajstić information content (AvgIpc) is 2.76. The van der Waals surface area contributed by atoms with E-state index in [1.807, 2.05) is 37.3 Å².